The van der Waals surface area contributed by atoms with Gasteiger partial charge in [0.1, 0.15) is 6.07 Å². The van der Waals surface area contributed by atoms with E-state index in [0.717, 1.165) is 12.1 Å². The van der Waals surface area contributed by atoms with Crippen molar-refractivity contribution in [1.82, 2.24) is 0 Å². The van der Waals surface area contributed by atoms with Crippen LogP contribution < -0.4 is 5.32 Å². The molecule has 0 amide bonds. The number of benzene rings is 2. The lowest BCUT2D eigenvalue weighted by Crippen LogP contribution is -2.05. The summed E-state index contributed by atoms with van der Waals surface area (Å²) in [5, 5.41) is 11.8. The summed E-state index contributed by atoms with van der Waals surface area (Å²) in [5.41, 5.74) is 0.312. The Kier molecular flexibility index (Phi) is 4.00. The lowest BCUT2D eigenvalue weighted by molar-refractivity contribution is -0.137. The number of nitriles is 1. The van der Waals surface area contributed by atoms with Gasteiger partial charge in [-0.3, -0.25) is 0 Å². The lowest BCUT2D eigenvalue weighted by atomic mass is 10.1. The van der Waals surface area contributed by atoms with Gasteiger partial charge < -0.3 is 5.32 Å². The summed E-state index contributed by atoms with van der Waals surface area (Å²) >= 11 is 3.19. The second kappa shape index (κ2) is 5.55. The van der Waals surface area contributed by atoms with Gasteiger partial charge in [-0.2, -0.15) is 18.4 Å². The van der Waals surface area contributed by atoms with Crippen molar-refractivity contribution in [3.63, 3.8) is 0 Å². The van der Waals surface area contributed by atoms with Crippen molar-refractivity contribution in [2.24, 2.45) is 0 Å². The molecule has 0 heterocycles. The number of anilines is 2. The van der Waals surface area contributed by atoms with Gasteiger partial charge in [0.2, 0.25) is 0 Å². The number of rotatable bonds is 2. The Morgan fingerprint density at radius 1 is 1.05 bits per heavy atom. The molecule has 6 heteroatoms. The normalized spacial score (nSPS) is 10.9. The fourth-order valence-corrected chi connectivity index (χ4v) is 1.98. The first-order valence-electron chi connectivity index (χ1n) is 5.54. The van der Waals surface area contributed by atoms with Crippen LogP contribution in [0.5, 0.6) is 0 Å². The fourth-order valence-electron chi connectivity index (χ4n) is 1.63. The van der Waals surface area contributed by atoms with Gasteiger partial charge >= 0.3 is 6.18 Å². The van der Waals surface area contributed by atoms with E-state index in [0.29, 0.717) is 15.7 Å². The third-order valence-corrected chi connectivity index (χ3v) is 3.30. The maximum absolute atomic E-state index is 12.7. The third-order valence-electron chi connectivity index (χ3n) is 2.61. The summed E-state index contributed by atoms with van der Waals surface area (Å²) in [6.07, 6.45) is -4.41. The van der Waals surface area contributed by atoms with Crippen molar-refractivity contribution in [1.29, 1.82) is 5.26 Å². The molecule has 2 nitrogen and oxygen atoms in total. The van der Waals surface area contributed by atoms with Crippen LogP contribution >= 0.6 is 15.9 Å². The van der Waals surface area contributed by atoms with Crippen LogP contribution in [-0.4, -0.2) is 0 Å². The molecule has 0 bridgehead atoms. The third kappa shape index (κ3) is 3.11. The van der Waals surface area contributed by atoms with Gasteiger partial charge in [-0.15, -0.1) is 0 Å². The van der Waals surface area contributed by atoms with Crippen LogP contribution in [0.2, 0.25) is 0 Å². The first-order chi connectivity index (χ1) is 9.41. The summed E-state index contributed by atoms with van der Waals surface area (Å²) in [5.74, 6) is 0. The number of nitrogens with zero attached hydrogens (tertiary/aromatic N) is 1. The molecule has 0 aliphatic rings. The van der Waals surface area contributed by atoms with E-state index in [1.54, 1.807) is 24.3 Å². The van der Waals surface area contributed by atoms with E-state index in [4.69, 9.17) is 5.26 Å². The predicted molar refractivity (Wildman–Crippen MR) is 73.6 cm³/mol. The zero-order valence-electron chi connectivity index (χ0n) is 10.0. The first kappa shape index (κ1) is 14.4. The lowest BCUT2D eigenvalue weighted by Gasteiger charge is -2.13. The highest BCUT2D eigenvalue weighted by Crippen LogP contribution is 2.35. The molecule has 0 fully saturated rings. The second-order valence-corrected chi connectivity index (χ2v) is 4.83. The summed E-state index contributed by atoms with van der Waals surface area (Å²) in [6, 6.07) is 11.9. The van der Waals surface area contributed by atoms with E-state index in [9.17, 15) is 13.2 Å². The van der Waals surface area contributed by atoms with Crippen molar-refractivity contribution < 1.29 is 13.2 Å². The molecular formula is C14H8BrF3N2. The van der Waals surface area contributed by atoms with Crippen molar-refractivity contribution in [3.8, 4) is 6.07 Å². The van der Waals surface area contributed by atoms with Crippen LogP contribution in [0.1, 0.15) is 11.1 Å². The van der Waals surface area contributed by atoms with Gasteiger partial charge in [0.05, 0.1) is 22.5 Å². The fraction of sp³-hybridized carbons (Fsp3) is 0.0714. The number of hydrogen-bond acceptors (Lipinski definition) is 2. The first-order valence-corrected chi connectivity index (χ1v) is 6.34. The van der Waals surface area contributed by atoms with Crippen molar-refractivity contribution in [2.75, 3.05) is 5.32 Å². The molecule has 2 rings (SSSR count). The SMILES string of the molecule is N#Cc1ccccc1Nc1cc(C(F)(F)F)ccc1Br. The largest absolute Gasteiger partial charge is 0.416 e. The van der Waals surface area contributed by atoms with Crippen LogP contribution in [0.15, 0.2) is 46.9 Å². The van der Waals surface area contributed by atoms with Gasteiger partial charge in [-0.1, -0.05) is 12.1 Å². The second-order valence-electron chi connectivity index (χ2n) is 3.97. The van der Waals surface area contributed by atoms with E-state index in [1.807, 2.05) is 6.07 Å². The Hall–Kier alpha value is -2.00. The molecule has 102 valence electrons. The summed E-state index contributed by atoms with van der Waals surface area (Å²) < 4.78 is 38.5. The van der Waals surface area contributed by atoms with E-state index < -0.39 is 11.7 Å². The molecule has 2 aromatic carbocycles. The molecule has 0 aliphatic carbocycles. The molecule has 0 spiro atoms. The zero-order valence-corrected chi connectivity index (χ0v) is 11.6. The van der Waals surface area contributed by atoms with Crippen molar-refractivity contribution in [2.45, 2.75) is 6.18 Å². The molecule has 0 saturated carbocycles. The van der Waals surface area contributed by atoms with Crippen LogP contribution in [0.3, 0.4) is 0 Å². The number of halogens is 4. The Morgan fingerprint density at radius 2 is 1.75 bits per heavy atom. The summed E-state index contributed by atoms with van der Waals surface area (Å²) in [7, 11) is 0. The Morgan fingerprint density at radius 3 is 2.40 bits per heavy atom. The molecule has 0 atom stereocenters. The average molecular weight is 341 g/mol. The van der Waals surface area contributed by atoms with Crippen LogP contribution in [-0.2, 0) is 6.18 Å². The minimum atomic E-state index is -4.41. The van der Waals surface area contributed by atoms with Gasteiger partial charge in [0.15, 0.2) is 0 Å². The predicted octanol–water partition coefficient (Wildman–Crippen LogP) is 5.08. The molecule has 0 saturated heterocycles. The van der Waals surface area contributed by atoms with Gasteiger partial charge in [-0.25, -0.2) is 0 Å². The molecule has 0 aliphatic heterocycles. The number of hydrogen-bond donors (Lipinski definition) is 1. The van der Waals surface area contributed by atoms with Crippen LogP contribution in [0.25, 0.3) is 0 Å². The zero-order chi connectivity index (χ0) is 14.8. The van der Waals surface area contributed by atoms with Crippen molar-refractivity contribution >= 4 is 27.3 Å². The van der Waals surface area contributed by atoms with Crippen LogP contribution in [0.4, 0.5) is 24.5 Å². The number of para-hydroxylation sites is 1. The van der Waals surface area contributed by atoms with Gasteiger partial charge in [-0.05, 0) is 46.3 Å². The standard InChI is InChI=1S/C14H8BrF3N2/c15-11-6-5-10(14(16,17)18)7-13(11)20-12-4-2-1-3-9(12)8-19/h1-7,20H. The number of alkyl halides is 3. The van der Waals surface area contributed by atoms with E-state index in [2.05, 4.69) is 21.2 Å². The molecule has 0 unspecified atom stereocenters. The highest BCUT2D eigenvalue weighted by molar-refractivity contribution is 9.10. The van der Waals surface area contributed by atoms with E-state index >= 15 is 0 Å². The molecule has 0 aromatic heterocycles. The van der Waals surface area contributed by atoms with E-state index in [1.165, 1.54) is 6.07 Å². The maximum atomic E-state index is 12.7. The molecule has 20 heavy (non-hydrogen) atoms. The summed E-state index contributed by atoms with van der Waals surface area (Å²) in [6.45, 7) is 0. The van der Waals surface area contributed by atoms with Gasteiger partial charge in [0, 0.05) is 4.47 Å². The minimum Gasteiger partial charge on any atom is -0.354 e. The Bertz CT molecular complexity index is 675. The Balaban J connectivity index is 2.41. The Labute approximate surface area is 122 Å². The number of nitrogens with one attached hydrogen (secondary N) is 1. The van der Waals surface area contributed by atoms with Gasteiger partial charge in [0.25, 0.3) is 0 Å². The highest BCUT2D eigenvalue weighted by atomic mass is 79.9. The molecule has 0 radical (unpaired) electrons. The minimum absolute atomic E-state index is 0.252. The quantitative estimate of drug-likeness (QED) is 0.827. The average Bonchev–Trinajstić information content (AvgIpc) is 2.40. The summed E-state index contributed by atoms with van der Waals surface area (Å²) in [4.78, 5) is 0. The van der Waals surface area contributed by atoms with Crippen molar-refractivity contribution in [3.05, 3.63) is 58.1 Å². The molecule has 1 N–H and O–H groups in total. The van der Waals surface area contributed by atoms with Crippen LogP contribution in [0, 0.1) is 11.3 Å². The topological polar surface area (TPSA) is 35.8 Å². The maximum Gasteiger partial charge on any atom is 0.416 e. The highest BCUT2D eigenvalue weighted by Gasteiger charge is 2.30. The smallest absolute Gasteiger partial charge is 0.354 e. The van der Waals surface area contributed by atoms with E-state index in [-0.39, 0.29) is 5.69 Å². The molecular weight excluding hydrogens is 333 g/mol. The monoisotopic (exact) mass is 340 g/mol. The molecule has 2 aromatic rings.